The van der Waals surface area contributed by atoms with Crippen molar-refractivity contribution in [2.75, 3.05) is 65.4 Å². The minimum atomic E-state index is -3.71. The van der Waals surface area contributed by atoms with E-state index in [-0.39, 0.29) is 39.9 Å². The Morgan fingerprint density at radius 1 is 0.608 bits per heavy atom. The molecular weight excluding hydrogens is 1040 g/mol. The van der Waals surface area contributed by atoms with E-state index in [9.17, 15) is 31.2 Å². The number of amides is 3. The molecule has 2 saturated heterocycles. The summed E-state index contributed by atoms with van der Waals surface area (Å²) < 4.78 is 60.9. The number of nitrogens with zero attached hydrogens (tertiary/aromatic N) is 6. The topological polar surface area (TPSA) is 256 Å². The van der Waals surface area contributed by atoms with Gasteiger partial charge >= 0.3 is 6.09 Å². The molecule has 2 fully saturated rings. The quantitative estimate of drug-likeness (QED) is 0.0695. The molecule has 0 bridgehead atoms. The first-order valence-corrected chi connectivity index (χ1v) is 30.3. The summed E-state index contributed by atoms with van der Waals surface area (Å²) in [6.45, 7) is 18.8. The molecule has 4 aliphatic heterocycles. The number of ether oxygens (including phenoxy) is 1. The lowest BCUT2D eigenvalue weighted by Gasteiger charge is -2.38. The van der Waals surface area contributed by atoms with Gasteiger partial charge in [0, 0.05) is 99.9 Å². The number of carbonyl (C=O) groups excluding carboxylic acids is 3. The van der Waals surface area contributed by atoms with Crippen molar-refractivity contribution in [1.82, 2.24) is 23.7 Å². The Morgan fingerprint density at radius 2 is 1.00 bits per heavy atom. The molecule has 8 rings (SSSR count). The minimum absolute atomic E-state index is 0.00504. The Balaban J connectivity index is 0.000000232. The molecule has 20 heteroatoms. The molecule has 18 nitrogen and oxygen atoms in total. The predicted molar refractivity (Wildman–Crippen MR) is 314 cm³/mol. The van der Waals surface area contributed by atoms with Crippen molar-refractivity contribution in [1.29, 1.82) is 0 Å². The van der Waals surface area contributed by atoms with E-state index in [1.807, 2.05) is 70.5 Å². The Hall–Kier alpha value is -6.71. The lowest BCUT2D eigenvalue weighted by Crippen LogP contribution is -2.53. The van der Waals surface area contributed by atoms with Crippen molar-refractivity contribution < 1.29 is 36.0 Å². The van der Waals surface area contributed by atoms with E-state index in [4.69, 9.17) is 21.9 Å². The molecule has 79 heavy (non-hydrogen) atoms. The average Bonchev–Trinajstić information content (AvgIpc) is 3.78. The zero-order chi connectivity index (χ0) is 57.2. The molecule has 0 atom stereocenters. The fraction of sp³-hybridized carbons (Fsp3) is 0.441. The second-order valence-electron chi connectivity index (χ2n) is 21.6. The lowest BCUT2D eigenvalue weighted by molar-refractivity contribution is -0.128. The van der Waals surface area contributed by atoms with Crippen LogP contribution >= 0.6 is 0 Å². The minimum Gasteiger partial charge on any atom is -0.444 e. The maximum absolute atomic E-state index is 13.4. The fourth-order valence-corrected chi connectivity index (χ4v) is 13.0. The van der Waals surface area contributed by atoms with Gasteiger partial charge in [0.2, 0.25) is 31.9 Å². The number of amidine groups is 2. The molecule has 0 aliphatic carbocycles. The van der Waals surface area contributed by atoms with Crippen LogP contribution in [-0.2, 0) is 34.4 Å². The predicted octanol–water partition coefficient (Wildman–Crippen LogP) is 8.28. The Bertz CT molecular complexity index is 3230. The van der Waals surface area contributed by atoms with E-state index < -0.39 is 31.7 Å². The highest BCUT2D eigenvalue weighted by molar-refractivity contribution is 7.89. The van der Waals surface area contributed by atoms with Crippen molar-refractivity contribution in [2.45, 2.75) is 102 Å². The number of nitrogens with two attached hydrogens (primary N) is 3. The van der Waals surface area contributed by atoms with Crippen LogP contribution in [0, 0.1) is 11.8 Å². The van der Waals surface area contributed by atoms with E-state index in [1.54, 1.807) is 57.2 Å². The smallest absolute Gasteiger partial charge is 0.407 e. The van der Waals surface area contributed by atoms with Crippen LogP contribution in [0.4, 0.5) is 16.2 Å². The average molecular weight is 1120 g/mol. The number of benzene rings is 4. The zero-order valence-corrected chi connectivity index (χ0v) is 48.3. The normalized spacial score (nSPS) is 16.1. The van der Waals surface area contributed by atoms with E-state index in [1.165, 1.54) is 8.61 Å². The second-order valence-corrected chi connectivity index (χ2v) is 25.5. The molecule has 0 unspecified atom stereocenters. The van der Waals surface area contributed by atoms with Gasteiger partial charge in [-0.1, -0.05) is 76.2 Å². The van der Waals surface area contributed by atoms with Crippen molar-refractivity contribution in [3.8, 4) is 22.3 Å². The number of alkyl carbamates (subject to hydrolysis) is 1. The molecule has 0 radical (unpaired) electrons. The van der Waals surface area contributed by atoms with Crippen LogP contribution in [0.15, 0.2) is 116 Å². The largest absolute Gasteiger partial charge is 0.444 e. The van der Waals surface area contributed by atoms with Crippen molar-refractivity contribution in [2.24, 2.45) is 39.0 Å². The molecule has 0 aromatic heterocycles. The maximum atomic E-state index is 13.4. The lowest BCUT2D eigenvalue weighted by atomic mass is 10.0. The molecule has 4 aliphatic rings. The monoisotopic (exact) mass is 1120 g/mol. The number of nitrogens with one attached hydrogen (secondary N) is 1. The second kappa shape index (κ2) is 26.0. The van der Waals surface area contributed by atoms with Crippen LogP contribution in [0.5, 0.6) is 0 Å². The molecule has 424 valence electrons. The summed E-state index contributed by atoms with van der Waals surface area (Å²) in [6, 6.07) is 25.1. The number of hydrogen-bond donors (Lipinski definition) is 4. The first-order chi connectivity index (χ1) is 37.6. The van der Waals surface area contributed by atoms with Crippen molar-refractivity contribution in [3.05, 3.63) is 107 Å². The van der Waals surface area contributed by atoms with Gasteiger partial charge in [0.25, 0.3) is 0 Å². The fourth-order valence-electron chi connectivity index (χ4n) is 9.76. The van der Waals surface area contributed by atoms with Crippen molar-refractivity contribution in [3.63, 3.8) is 0 Å². The molecular formula is C59H78N10O8S2. The SMILES string of the molecule is CCCN(CCC)C(=O)C1=Cc2ccc(-c3cccc(S(=O)(=O)N4CC(CN)C4)c3)cc2N=C(N)C1.CCCN(CCC)C(=O)C1=Cc2ccc(-c3cccc(S(=O)(=O)N4CC(CNC(=O)OC(C)(C)C)C4)c3)cc2N=C(N)C1. The Kier molecular flexibility index (Phi) is 19.8. The van der Waals surface area contributed by atoms with Crippen LogP contribution in [0.25, 0.3) is 34.4 Å². The van der Waals surface area contributed by atoms with Crippen LogP contribution in [0.3, 0.4) is 0 Å². The maximum Gasteiger partial charge on any atom is 0.407 e. The van der Waals surface area contributed by atoms with E-state index in [0.717, 1.165) is 59.1 Å². The van der Waals surface area contributed by atoms with Gasteiger partial charge in [-0.3, -0.25) is 9.59 Å². The summed E-state index contributed by atoms with van der Waals surface area (Å²) >= 11 is 0. The van der Waals surface area contributed by atoms with Gasteiger partial charge in [0.1, 0.15) is 17.3 Å². The van der Waals surface area contributed by atoms with Crippen LogP contribution in [0.2, 0.25) is 0 Å². The number of fused-ring (bicyclic) bond motifs is 2. The summed E-state index contributed by atoms with van der Waals surface area (Å²) in [4.78, 5) is 51.8. The highest BCUT2D eigenvalue weighted by atomic mass is 32.2. The Labute approximate surface area is 466 Å². The van der Waals surface area contributed by atoms with Crippen LogP contribution < -0.4 is 22.5 Å². The molecule has 0 spiro atoms. The third-order valence-corrected chi connectivity index (χ3v) is 17.5. The van der Waals surface area contributed by atoms with E-state index in [2.05, 4.69) is 43.0 Å². The number of sulfonamides is 2. The standard InChI is InChI=1S/C32H43N5O5S.C27H35N5O3S/c1-6-13-36(14-7-2)30(38)26-15-25-12-11-24(17-28(25)35-29(33)18-26)23-9-8-10-27(16-23)43(40,41)37-20-22(21-37)19-34-31(39)42-32(3,4)5;1-3-10-31(11-4-2)27(33)23-12-22-9-8-21(14-25(22)30-26(29)15-23)20-6-5-7-24(13-20)36(34,35)32-17-19(16-28)18-32/h8-12,15-17,22H,6-7,13-14,18-21H2,1-5H3,(H2,33,35)(H,34,39);5-9,12-14,19H,3-4,10-11,15-18,28H2,1-2H3,(H2,29,30). The third-order valence-electron chi connectivity index (χ3n) is 13.8. The summed E-state index contributed by atoms with van der Waals surface area (Å²) in [5.74, 6) is 0.936. The Morgan fingerprint density at radius 3 is 1.38 bits per heavy atom. The molecule has 4 heterocycles. The van der Waals surface area contributed by atoms with Crippen LogP contribution in [0.1, 0.15) is 98.1 Å². The highest BCUT2D eigenvalue weighted by Gasteiger charge is 2.38. The molecule has 7 N–H and O–H groups in total. The third kappa shape index (κ3) is 15.0. The first kappa shape index (κ1) is 59.9. The van der Waals surface area contributed by atoms with Crippen LogP contribution in [-0.4, -0.2) is 136 Å². The molecule has 4 aromatic rings. The number of carbonyl (C=O) groups is 3. The molecule has 4 aromatic carbocycles. The number of hydrogen-bond acceptors (Lipinski definition) is 13. The number of rotatable bonds is 19. The van der Waals surface area contributed by atoms with Gasteiger partial charge in [-0.15, -0.1) is 0 Å². The van der Waals surface area contributed by atoms with Gasteiger partial charge in [-0.2, -0.15) is 8.61 Å². The highest BCUT2D eigenvalue weighted by Crippen LogP contribution is 2.36. The molecule has 0 saturated carbocycles. The van der Waals surface area contributed by atoms with Gasteiger partial charge in [-0.05, 0) is 130 Å². The van der Waals surface area contributed by atoms with E-state index >= 15 is 0 Å². The van der Waals surface area contributed by atoms with Gasteiger partial charge in [-0.25, -0.2) is 31.6 Å². The zero-order valence-electron chi connectivity index (χ0n) is 46.7. The number of aliphatic imine (C=N–C) groups is 2. The van der Waals surface area contributed by atoms with Crippen molar-refractivity contribution >= 4 is 73.2 Å². The molecule has 3 amide bonds. The van der Waals surface area contributed by atoms with Gasteiger partial charge < -0.3 is 37.1 Å². The van der Waals surface area contributed by atoms with Gasteiger partial charge in [0.05, 0.1) is 21.2 Å². The summed E-state index contributed by atoms with van der Waals surface area (Å²) in [5, 5.41) is 2.71. The van der Waals surface area contributed by atoms with Gasteiger partial charge in [0.15, 0.2) is 0 Å². The van der Waals surface area contributed by atoms with E-state index in [0.29, 0.717) is 106 Å². The summed E-state index contributed by atoms with van der Waals surface area (Å²) in [6.07, 6.45) is 7.32. The first-order valence-electron chi connectivity index (χ1n) is 27.4. The summed E-state index contributed by atoms with van der Waals surface area (Å²) in [5.41, 5.74) is 24.8. The summed E-state index contributed by atoms with van der Waals surface area (Å²) in [7, 11) is -7.27.